The number of piperidine rings is 1. The molecule has 2 N–H and O–H groups in total. The molecular weight excluding hydrogens is 537 g/mol. The second-order valence-electron chi connectivity index (χ2n) is 9.21. The predicted molar refractivity (Wildman–Crippen MR) is 151 cm³/mol. The van der Waals surface area contributed by atoms with Crippen LogP contribution < -0.4 is 15.5 Å². The molecular formula is C27H38IN5O. The van der Waals surface area contributed by atoms with Gasteiger partial charge in [0.05, 0.1) is 0 Å². The minimum Gasteiger partial charge on any atom is -0.356 e. The highest BCUT2D eigenvalue weighted by Gasteiger charge is 2.23. The van der Waals surface area contributed by atoms with Crippen molar-refractivity contribution in [1.82, 2.24) is 15.5 Å². The van der Waals surface area contributed by atoms with Crippen LogP contribution in [0.1, 0.15) is 42.4 Å². The Bertz CT molecular complexity index is 971. The van der Waals surface area contributed by atoms with E-state index < -0.39 is 0 Å². The number of carbonyl (C=O) groups is 1. The Balaban J connectivity index is 0.00000324. The number of guanidine groups is 1. The molecule has 0 aromatic heterocycles. The van der Waals surface area contributed by atoms with Gasteiger partial charge in [0.1, 0.15) is 0 Å². The minimum atomic E-state index is 0. The molecule has 0 atom stereocenters. The average molecular weight is 576 g/mol. The molecule has 0 bridgehead atoms. The van der Waals surface area contributed by atoms with E-state index in [0.717, 1.165) is 70.1 Å². The summed E-state index contributed by atoms with van der Waals surface area (Å²) in [6.07, 6.45) is 4.53. The van der Waals surface area contributed by atoms with E-state index in [2.05, 4.69) is 63.8 Å². The van der Waals surface area contributed by atoms with Crippen molar-refractivity contribution in [3.63, 3.8) is 0 Å². The third-order valence-electron chi connectivity index (χ3n) is 6.69. The molecule has 0 spiro atoms. The number of carbonyl (C=O) groups excluding carboxylic acids is 1. The fourth-order valence-corrected chi connectivity index (χ4v) is 4.87. The molecule has 0 unspecified atom stereocenters. The molecule has 1 saturated heterocycles. The van der Waals surface area contributed by atoms with E-state index in [0.29, 0.717) is 12.5 Å². The van der Waals surface area contributed by atoms with Crippen molar-refractivity contribution in [2.24, 2.45) is 4.99 Å². The molecule has 0 radical (unpaired) electrons. The van der Waals surface area contributed by atoms with E-state index in [9.17, 15) is 4.79 Å². The summed E-state index contributed by atoms with van der Waals surface area (Å²) < 4.78 is 0. The molecule has 2 aliphatic rings. The van der Waals surface area contributed by atoms with Crippen LogP contribution >= 0.6 is 24.0 Å². The summed E-state index contributed by atoms with van der Waals surface area (Å²) in [5.74, 6) is 1.05. The van der Waals surface area contributed by atoms with Crippen LogP contribution in [0.2, 0.25) is 0 Å². The summed E-state index contributed by atoms with van der Waals surface area (Å²) in [7, 11) is 1.81. The number of nitrogens with one attached hydrogen (secondary N) is 2. The molecule has 1 amide bonds. The van der Waals surface area contributed by atoms with Crippen LogP contribution in [-0.2, 0) is 17.8 Å². The van der Waals surface area contributed by atoms with Crippen molar-refractivity contribution >= 4 is 41.5 Å². The maximum Gasteiger partial charge on any atom is 0.227 e. The molecule has 2 aromatic carbocycles. The Hall–Kier alpha value is -2.13. The number of aliphatic imine (C=N–C) groups is 1. The SMILES string of the molecule is CN=C(NCCCC(=O)N1CCc2ccccc21)NC1CCN(Cc2cccc(C)c2)CC1.I. The lowest BCUT2D eigenvalue weighted by Crippen LogP contribution is -2.48. The molecule has 2 aliphatic heterocycles. The molecule has 34 heavy (non-hydrogen) atoms. The smallest absolute Gasteiger partial charge is 0.227 e. The number of aryl methyl sites for hydroxylation is 1. The van der Waals surface area contributed by atoms with Crippen molar-refractivity contribution < 1.29 is 4.79 Å². The standard InChI is InChI=1S/C27H37N5O.HI/c1-21-7-5-8-22(19-21)20-31-16-13-24(14-17-31)30-27(28-2)29-15-6-11-26(33)32-18-12-23-9-3-4-10-25(23)32;/h3-5,7-10,19,24H,6,11-18,20H2,1-2H3,(H2,28,29,30);1H. The van der Waals surface area contributed by atoms with Gasteiger partial charge >= 0.3 is 0 Å². The Morgan fingerprint density at radius 1 is 1.09 bits per heavy atom. The van der Waals surface area contributed by atoms with E-state index in [-0.39, 0.29) is 29.9 Å². The summed E-state index contributed by atoms with van der Waals surface area (Å²) in [6.45, 7) is 6.91. The van der Waals surface area contributed by atoms with E-state index >= 15 is 0 Å². The van der Waals surface area contributed by atoms with Crippen molar-refractivity contribution in [3.8, 4) is 0 Å². The van der Waals surface area contributed by atoms with Gasteiger partial charge in [0.2, 0.25) is 5.91 Å². The van der Waals surface area contributed by atoms with Crippen molar-refractivity contribution in [2.75, 3.05) is 38.1 Å². The molecule has 7 heteroatoms. The zero-order valence-corrected chi connectivity index (χ0v) is 22.8. The van der Waals surface area contributed by atoms with Gasteiger partial charge in [-0.3, -0.25) is 14.7 Å². The Labute approximate surface area is 221 Å². The fourth-order valence-electron chi connectivity index (χ4n) is 4.87. The van der Waals surface area contributed by atoms with Crippen molar-refractivity contribution in [3.05, 3.63) is 65.2 Å². The molecule has 1 fully saturated rings. The second-order valence-corrected chi connectivity index (χ2v) is 9.21. The number of hydrogen-bond acceptors (Lipinski definition) is 3. The van der Waals surface area contributed by atoms with Crippen LogP contribution in [-0.4, -0.2) is 56.0 Å². The zero-order chi connectivity index (χ0) is 23.0. The van der Waals surface area contributed by atoms with Gasteiger partial charge in [-0.05, 0) is 49.8 Å². The maximum absolute atomic E-state index is 12.7. The third kappa shape index (κ3) is 7.18. The van der Waals surface area contributed by atoms with Crippen LogP contribution in [0.15, 0.2) is 53.5 Å². The van der Waals surface area contributed by atoms with Gasteiger partial charge in [-0.15, -0.1) is 24.0 Å². The summed E-state index contributed by atoms with van der Waals surface area (Å²) >= 11 is 0. The number of para-hydroxylation sites is 1. The van der Waals surface area contributed by atoms with Gasteiger partial charge in [0.25, 0.3) is 0 Å². The molecule has 2 heterocycles. The molecule has 2 aromatic rings. The zero-order valence-electron chi connectivity index (χ0n) is 20.4. The van der Waals surface area contributed by atoms with Crippen molar-refractivity contribution in [2.45, 2.75) is 51.6 Å². The summed E-state index contributed by atoms with van der Waals surface area (Å²) in [5, 5.41) is 6.97. The lowest BCUT2D eigenvalue weighted by atomic mass is 10.0. The highest BCUT2D eigenvalue weighted by atomic mass is 127. The Morgan fingerprint density at radius 2 is 1.88 bits per heavy atom. The van der Waals surface area contributed by atoms with Crippen LogP contribution in [0.4, 0.5) is 5.69 Å². The van der Waals surface area contributed by atoms with Crippen LogP contribution in [0, 0.1) is 6.92 Å². The van der Waals surface area contributed by atoms with Crippen molar-refractivity contribution in [1.29, 1.82) is 0 Å². The van der Waals surface area contributed by atoms with Crippen LogP contribution in [0.5, 0.6) is 0 Å². The summed E-state index contributed by atoms with van der Waals surface area (Å²) in [5.41, 5.74) is 5.08. The van der Waals surface area contributed by atoms with Crippen LogP contribution in [0.25, 0.3) is 0 Å². The van der Waals surface area contributed by atoms with Crippen LogP contribution in [0.3, 0.4) is 0 Å². The highest BCUT2D eigenvalue weighted by Crippen LogP contribution is 2.28. The number of fused-ring (bicyclic) bond motifs is 1. The van der Waals surface area contributed by atoms with E-state index in [1.165, 1.54) is 16.7 Å². The predicted octanol–water partition coefficient (Wildman–Crippen LogP) is 4.11. The van der Waals surface area contributed by atoms with Gasteiger partial charge in [-0.2, -0.15) is 0 Å². The number of nitrogens with zero attached hydrogens (tertiary/aromatic N) is 3. The van der Waals surface area contributed by atoms with E-state index in [1.807, 2.05) is 24.1 Å². The number of benzene rings is 2. The first-order chi connectivity index (χ1) is 16.1. The monoisotopic (exact) mass is 575 g/mol. The lowest BCUT2D eigenvalue weighted by Gasteiger charge is -2.33. The normalized spacial score (nSPS) is 16.6. The number of anilines is 1. The highest BCUT2D eigenvalue weighted by molar-refractivity contribution is 14.0. The number of likely N-dealkylation sites (tertiary alicyclic amines) is 1. The quantitative estimate of drug-likeness (QED) is 0.226. The fraction of sp³-hybridized carbons (Fsp3) is 0.481. The topological polar surface area (TPSA) is 60.0 Å². The molecule has 4 rings (SSSR count). The van der Waals surface area contributed by atoms with E-state index in [4.69, 9.17) is 0 Å². The van der Waals surface area contributed by atoms with Gasteiger partial charge < -0.3 is 15.5 Å². The second kappa shape index (κ2) is 13.1. The number of amides is 1. The first kappa shape index (κ1) is 26.5. The summed E-state index contributed by atoms with van der Waals surface area (Å²) in [6, 6.07) is 17.5. The molecule has 184 valence electrons. The third-order valence-corrected chi connectivity index (χ3v) is 6.69. The van der Waals surface area contributed by atoms with E-state index in [1.54, 1.807) is 0 Å². The average Bonchev–Trinajstić information content (AvgIpc) is 3.26. The number of rotatable bonds is 7. The number of hydrogen-bond donors (Lipinski definition) is 2. The molecule has 6 nitrogen and oxygen atoms in total. The Morgan fingerprint density at radius 3 is 2.65 bits per heavy atom. The van der Waals surface area contributed by atoms with Gasteiger partial charge in [-0.25, -0.2) is 0 Å². The first-order valence-electron chi connectivity index (χ1n) is 12.3. The van der Waals surface area contributed by atoms with Gasteiger partial charge in [0, 0.05) is 57.9 Å². The lowest BCUT2D eigenvalue weighted by molar-refractivity contribution is -0.118. The number of halogens is 1. The largest absolute Gasteiger partial charge is 0.356 e. The molecule has 0 aliphatic carbocycles. The minimum absolute atomic E-state index is 0. The van der Waals surface area contributed by atoms with Gasteiger partial charge in [-0.1, -0.05) is 48.0 Å². The summed E-state index contributed by atoms with van der Waals surface area (Å²) in [4.78, 5) is 21.5. The first-order valence-corrected chi connectivity index (χ1v) is 12.3. The Kier molecular flexibility index (Phi) is 10.2. The van der Waals surface area contributed by atoms with Gasteiger partial charge in [0.15, 0.2) is 5.96 Å². The maximum atomic E-state index is 12.7. The molecule has 0 saturated carbocycles.